The maximum Gasteiger partial charge on any atom is 0.339 e. The van der Waals surface area contributed by atoms with Crippen LogP contribution in [0.15, 0.2) is 36.5 Å². The first-order valence-electron chi connectivity index (χ1n) is 8.49. The zero-order valence-electron chi connectivity index (χ0n) is 14.4. The number of nitrogens with one attached hydrogen (secondary N) is 1. The van der Waals surface area contributed by atoms with Crippen LogP contribution >= 0.6 is 0 Å². The van der Waals surface area contributed by atoms with Gasteiger partial charge in [0, 0.05) is 18.7 Å². The van der Waals surface area contributed by atoms with Gasteiger partial charge in [-0.25, -0.2) is 14.2 Å². The van der Waals surface area contributed by atoms with Gasteiger partial charge in [-0.05, 0) is 49.1 Å². The molecule has 7 heteroatoms. The summed E-state index contributed by atoms with van der Waals surface area (Å²) in [7, 11) is 0. The molecule has 3 rings (SSSR count). The number of halogens is 1. The van der Waals surface area contributed by atoms with Gasteiger partial charge in [0.2, 0.25) is 0 Å². The second-order valence-corrected chi connectivity index (χ2v) is 6.55. The molecular weight excluding hydrogens is 337 g/mol. The van der Waals surface area contributed by atoms with Crippen LogP contribution in [0.2, 0.25) is 0 Å². The van der Waals surface area contributed by atoms with Crippen molar-refractivity contribution < 1.29 is 19.1 Å². The van der Waals surface area contributed by atoms with E-state index >= 15 is 0 Å². The quantitative estimate of drug-likeness (QED) is 0.876. The monoisotopic (exact) mass is 357 g/mol. The van der Waals surface area contributed by atoms with E-state index in [4.69, 9.17) is 0 Å². The fourth-order valence-corrected chi connectivity index (χ4v) is 3.12. The molecule has 2 aromatic rings. The van der Waals surface area contributed by atoms with Crippen LogP contribution < -0.4 is 10.2 Å². The highest BCUT2D eigenvalue weighted by molar-refractivity contribution is 6.05. The van der Waals surface area contributed by atoms with Gasteiger partial charge < -0.3 is 15.3 Å². The number of pyridine rings is 1. The standard InChI is InChI=1S/C19H20FN3O3/c1-12-3-2-8-23(11-12)17-16(19(25)26)9-15(10-21-17)22-18(24)13-4-6-14(20)7-5-13/h4-7,9-10,12H,2-3,8,11H2,1H3,(H,22,24)(H,25,26)/t12-/m0/s1. The highest BCUT2D eigenvalue weighted by Crippen LogP contribution is 2.26. The highest BCUT2D eigenvalue weighted by atomic mass is 19.1. The van der Waals surface area contributed by atoms with Crippen LogP contribution in [0.1, 0.15) is 40.5 Å². The molecule has 1 aliphatic heterocycles. The Balaban J connectivity index is 1.83. The van der Waals surface area contributed by atoms with E-state index < -0.39 is 17.7 Å². The number of carbonyl (C=O) groups excluding carboxylic acids is 1. The van der Waals surface area contributed by atoms with Gasteiger partial charge in [-0.1, -0.05) is 6.92 Å². The van der Waals surface area contributed by atoms with Crippen LogP contribution in [0.5, 0.6) is 0 Å². The van der Waals surface area contributed by atoms with E-state index in [-0.39, 0.29) is 16.8 Å². The van der Waals surface area contributed by atoms with Crippen molar-refractivity contribution in [1.29, 1.82) is 0 Å². The number of carboxylic acids is 1. The summed E-state index contributed by atoms with van der Waals surface area (Å²) in [4.78, 5) is 30.2. The van der Waals surface area contributed by atoms with Gasteiger partial charge >= 0.3 is 5.97 Å². The zero-order valence-corrected chi connectivity index (χ0v) is 14.4. The Bertz CT molecular complexity index is 823. The number of aromatic carboxylic acids is 1. The van der Waals surface area contributed by atoms with Crippen molar-refractivity contribution in [2.75, 3.05) is 23.3 Å². The molecule has 2 heterocycles. The molecule has 1 amide bonds. The number of rotatable bonds is 4. The number of carbonyl (C=O) groups is 2. The molecule has 26 heavy (non-hydrogen) atoms. The lowest BCUT2D eigenvalue weighted by atomic mass is 10.00. The molecule has 1 aromatic heterocycles. The summed E-state index contributed by atoms with van der Waals surface area (Å²) in [6.07, 6.45) is 3.55. The summed E-state index contributed by atoms with van der Waals surface area (Å²) in [5, 5.41) is 12.2. The molecule has 2 N–H and O–H groups in total. The Morgan fingerprint density at radius 2 is 2.04 bits per heavy atom. The van der Waals surface area contributed by atoms with Crippen molar-refractivity contribution in [3.05, 3.63) is 53.5 Å². The average Bonchev–Trinajstić information content (AvgIpc) is 2.62. The number of nitrogens with zero attached hydrogens (tertiary/aromatic N) is 2. The van der Waals surface area contributed by atoms with Gasteiger partial charge in [-0.15, -0.1) is 0 Å². The maximum absolute atomic E-state index is 13.0. The molecule has 1 atom stereocenters. The minimum atomic E-state index is -1.09. The molecule has 1 saturated heterocycles. The average molecular weight is 357 g/mol. The molecule has 6 nitrogen and oxygen atoms in total. The molecule has 0 radical (unpaired) electrons. The van der Waals surface area contributed by atoms with Crippen molar-refractivity contribution in [3.63, 3.8) is 0 Å². The number of benzene rings is 1. The molecule has 136 valence electrons. The Labute approximate surface area is 150 Å². The van der Waals surface area contributed by atoms with Crippen molar-refractivity contribution >= 4 is 23.4 Å². The van der Waals surface area contributed by atoms with Crippen LogP contribution in [0.4, 0.5) is 15.9 Å². The molecule has 0 saturated carbocycles. The topological polar surface area (TPSA) is 82.5 Å². The SMILES string of the molecule is C[C@H]1CCCN(c2ncc(NC(=O)c3ccc(F)cc3)cc2C(=O)O)C1. The summed E-state index contributed by atoms with van der Waals surface area (Å²) >= 11 is 0. The van der Waals surface area contributed by atoms with Crippen molar-refractivity contribution in [3.8, 4) is 0 Å². The Morgan fingerprint density at radius 3 is 2.69 bits per heavy atom. The second-order valence-electron chi connectivity index (χ2n) is 6.55. The van der Waals surface area contributed by atoms with Gasteiger partial charge in [-0.3, -0.25) is 4.79 Å². The third-order valence-electron chi connectivity index (χ3n) is 4.42. The van der Waals surface area contributed by atoms with Gasteiger partial charge in [0.25, 0.3) is 5.91 Å². The second kappa shape index (κ2) is 7.51. The predicted octanol–water partition coefficient (Wildman–Crippen LogP) is 3.41. The number of hydrogen-bond acceptors (Lipinski definition) is 4. The minimum Gasteiger partial charge on any atom is -0.478 e. The van der Waals surface area contributed by atoms with Crippen molar-refractivity contribution in [2.45, 2.75) is 19.8 Å². The smallest absolute Gasteiger partial charge is 0.339 e. The fraction of sp³-hybridized carbons (Fsp3) is 0.316. The summed E-state index contributed by atoms with van der Waals surface area (Å²) in [6, 6.07) is 6.51. The number of anilines is 2. The molecule has 0 unspecified atom stereocenters. The highest BCUT2D eigenvalue weighted by Gasteiger charge is 2.23. The van der Waals surface area contributed by atoms with Crippen LogP contribution in [0.3, 0.4) is 0 Å². The lowest BCUT2D eigenvalue weighted by Gasteiger charge is -2.32. The molecule has 0 aliphatic carbocycles. The number of piperidine rings is 1. The third-order valence-corrected chi connectivity index (χ3v) is 4.42. The Hall–Kier alpha value is -2.96. The van der Waals surface area contributed by atoms with Crippen LogP contribution in [-0.2, 0) is 0 Å². The first-order valence-corrected chi connectivity index (χ1v) is 8.49. The Morgan fingerprint density at radius 1 is 1.31 bits per heavy atom. The first-order chi connectivity index (χ1) is 12.4. The Kier molecular flexibility index (Phi) is 5.16. The van der Waals surface area contributed by atoms with Gasteiger partial charge in [0.05, 0.1) is 11.9 Å². The van der Waals surface area contributed by atoms with Gasteiger partial charge in [0.15, 0.2) is 0 Å². The van der Waals surface area contributed by atoms with Crippen LogP contribution in [-0.4, -0.2) is 35.1 Å². The number of amides is 1. The lowest BCUT2D eigenvalue weighted by Crippen LogP contribution is -2.36. The lowest BCUT2D eigenvalue weighted by molar-refractivity contribution is 0.0696. The van der Waals surface area contributed by atoms with Crippen LogP contribution in [0, 0.1) is 11.7 Å². The molecule has 1 fully saturated rings. The minimum absolute atomic E-state index is 0.0519. The van der Waals surface area contributed by atoms with Gasteiger partial charge in [0.1, 0.15) is 17.2 Å². The largest absolute Gasteiger partial charge is 0.478 e. The van der Waals surface area contributed by atoms with E-state index in [1.165, 1.54) is 36.5 Å². The first kappa shape index (κ1) is 17.8. The number of carboxylic acid groups (broad SMARTS) is 1. The predicted molar refractivity (Wildman–Crippen MR) is 96.2 cm³/mol. The zero-order chi connectivity index (χ0) is 18.7. The summed E-state index contributed by atoms with van der Waals surface area (Å²) < 4.78 is 13.0. The number of hydrogen-bond donors (Lipinski definition) is 2. The van der Waals surface area contributed by atoms with E-state index in [2.05, 4.69) is 17.2 Å². The molecular formula is C19H20FN3O3. The normalized spacial score (nSPS) is 17.0. The number of aromatic nitrogens is 1. The summed E-state index contributed by atoms with van der Waals surface area (Å²) in [5.41, 5.74) is 0.610. The molecule has 0 spiro atoms. The molecule has 1 aliphatic rings. The van der Waals surface area contributed by atoms with Crippen molar-refractivity contribution in [2.24, 2.45) is 5.92 Å². The fourth-order valence-electron chi connectivity index (χ4n) is 3.12. The van der Waals surface area contributed by atoms with E-state index in [1.807, 2.05) is 4.90 Å². The van der Waals surface area contributed by atoms with Gasteiger partial charge in [-0.2, -0.15) is 0 Å². The van der Waals surface area contributed by atoms with Crippen LogP contribution in [0.25, 0.3) is 0 Å². The van der Waals surface area contributed by atoms with E-state index in [0.717, 1.165) is 25.9 Å². The van der Waals surface area contributed by atoms with E-state index in [9.17, 15) is 19.1 Å². The van der Waals surface area contributed by atoms with E-state index in [1.54, 1.807) is 0 Å². The molecule has 1 aromatic carbocycles. The molecule has 0 bridgehead atoms. The maximum atomic E-state index is 13.0. The summed E-state index contributed by atoms with van der Waals surface area (Å²) in [6.45, 7) is 3.65. The van der Waals surface area contributed by atoms with Crippen molar-refractivity contribution in [1.82, 2.24) is 4.98 Å². The third kappa shape index (κ3) is 3.99. The van der Waals surface area contributed by atoms with E-state index in [0.29, 0.717) is 11.7 Å². The summed E-state index contributed by atoms with van der Waals surface area (Å²) in [5.74, 6) is -1.09.